The third kappa shape index (κ3) is 2.33. The minimum absolute atomic E-state index is 1.21. The van der Waals surface area contributed by atoms with E-state index in [1.165, 1.54) is 44.2 Å². The summed E-state index contributed by atoms with van der Waals surface area (Å²) in [6.07, 6.45) is 0. The van der Waals surface area contributed by atoms with E-state index in [1.807, 2.05) is 0 Å². The van der Waals surface area contributed by atoms with Gasteiger partial charge in [0, 0.05) is 16.5 Å². The standard InChI is InChI=1S/C25H19N/c1-18-8-7-11-21(16-18)26-24-13-6-5-12-22(24)23-17-20(14-15-25(23)26)19-9-3-2-4-10-19/h2-17H,1H3. The van der Waals surface area contributed by atoms with Crippen molar-refractivity contribution in [2.24, 2.45) is 0 Å². The zero-order valence-electron chi connectivity index (χ0n) is 14.7. The monoisotopic (exact) mass is 333 g/mol. The summed E-state index contributed by atoms with van der Waals surface area (Å²) in [6.45, 7) is 2.14. The molecule has 0 aliphatic carbocycles. The fourth-order valence-corrected chi connectivity index (χ4v) is 3.83. The Balaban J connectivity index is 1.85. The van der Waals surface area contributed by atoms with E-state index in [2.05, 4.69) is 109 Å². The van der Waals surface area contributed by atoms with Crippen molar-refractivity contribution in [3.8, 4) is 16.8 Å². The molecule has 0 amide bonds. The predicted octanol–water partition coefficient (Wildman–Crippen LogP) is 6.76. The molecular formula is C25H19N. The number of benzene rings is 4. The van der Waals surface area contributed by atoms with Gasteiger partial charge in [-0.1, -0.05) is 66.7 Å². The molecule has 0 fully saturated rings. The molecule has 0 saturated carbocycles. The van der Waals surface area contributed by atoms with E-state index < -0.39 is 0 Å². The quantitative estimate of drug-likeness (QED) is 0.336. The normalized spacial score (nSPS) is 11.3. The lowest BCUT2D eigenvalue weighted by atomic mass is 10.0. The molecule has 1 nitrogen and oxygen atoms in total. The Morgan fingerprint density at radius 2 is 1.31 bits per heavy atom. The van der Waals surface area contributed by atoms with E-state index >= 15 is 0 Å². The minimum atomic E-state index is 1.21. The molecule has 0 spiro atoms. The Morgan fingerprint density at radius 3 is 2.15 bits per heavy atom. The van der Waals surface area contributed by atoms with Gasteiger partial charge in [-0.15, -0.1) is 0 Å². The second-order valence-electron chi connectivity index (χ2n) is 6.79. The zero-order chi connectivity index (χ0) is 17.5. The highest BCUT2D eigenvalue weighted by Gasteiger charge is 2.12. The van der Waals surface area contributed by atoms with Crippen molar-refractivity contribution in [1.29, 1.82) is 0 Å². The first kappa shape index (κ1) is 15.0. The van der Waals surface area contributed by atoms with Gasteiger partial charge in [-0.3, -0.25) is 0 Å². The van der Waals surface area contributed by atoms with Crippen LogP contribution >= 0.6 is 0 Å². The average molecular weight is 333 g/mol. The molecule has 0 N–H and O–H groups in total. The zero-order valence-corrected chi connectivity index (χ0v) is 14.7. The van der Waals surface area contributed by atoms with Crippen molar-refractivity contribution in [2.45, 2.75) is 6.92 Å². The summed E-state index contributed by atoms with van der Waals surface area (Å²) >= 11 is 0. The molecule has 5 rings (SSSR count). The van der Waals surface area contributed by atoms with Crippen molar-refractivity contribution in [3.05, 3.63) is 103 Å². The van der Waals surface area contributed by atoms with Crippen LogP contribution in [-0.4, -0.2) is 4.57 Å². The van der Waals surface area contributed by atoms with Crippen LogP contribution in [-0.2, 0) is 0 Å². The molecule has 0 unspecified atom stereocenters. The number of hydrogen-bond donors (Lipinski definition) is 0. The number of rotatable bonds is 2. The molecule has 124 valence electrons. The first-order valence-corrected chi connectivity index (χ1v) is 8.97. The summed E-state index contributed by atoms with van der Waals surface area (Å²) in [5, 5.41) is 2.59. The molecule has 0 atom stereocenters. The molecule has 0 radical (unpaired) electrons. The highest BCUT2D eigenvalue weighted by Crippen LogP contribution is 2.34. The van der Waals surface area contributed by atoms with Crippen LogP contribution in [0.15, 0.2) is 97.1 Å². The van der Waals surface area contributed by atoms with Gasteiger partial charge in [0.25, 0.3) is 0 Å². The number of fused-ring (bicyclic) bond motifs is 3. The van der Waals surface area contributed by atoms with Crippen molar-refractivity contribution >= 4 is 21.8 Å². The Bertz CT molecular complexity index is 1230. The largest absolute Gasteiger partial charge is 0.309 e. The molecule has 4 aromatic carbocycles. The molecule has 1 heterocycles. The molecule has 0 aliphatic rings. The van der Waals surface area contributed by atoms with Crippen molar-refractivity contribution in [3.63, 3.8) is 0 Å². The van der Waals surface area contributed by atoms with Crippen LogP contribution in [0.2, 0.25) is 0 Å². The number of aromatic nitrogens is 1. The summed E-state index contributed by atoms with van der Waals surface area (Å²) in [4.78, 5) is 0. The topological polar surface area (TPSA) is 4.93 Å². The van der Waals surface area contributed by atoms with Crippen LogP contribution in [0, 0.1) is 6.92 Å². The lowest BCUT2D eigenvalue weighted by Gasteiger charge is -2.09. The van der Waals surface area contributed by atoms with E-state index in [0.29, 0.717) is 0 Å². The van der Waals surface area contributed by atoms with Gasteiger partial charge in [0.05, 0.1) is 11.0 Å². The van der Waals surface area contributed by atoms with Crippen molar-refractivity contribution < 1.29 is 0 Å². The van der Waals surface area contributed by atoms with Gasteiger partial charge in [0.2, 0.25) is 0 Å². The summed E-state index contributed by atoms with van der Waals surface area (Å²) in [7, 11) is 0. The van der Waals surface area contributed by atoms with E-state index in [9.17, 15) is 0 Å². The first-order chi connectivity index (χ1) is 12.8. The maximum absolute atomic E-state index is 2.37. The Kier molecular flexibility index (Phi) is 3.39. The van der Waals surface area contributed by atoms with Crippen LogP contribution < -0.4 is 0 Å². The van der Waals surface area contributed by atoms with Crippen LogP contribution in [0.25, 0.3) is 38.6 Å². The third-order valence-electron chi connectivity index (χ3n) is 5.04. The highest BCUT2D eigenvalue weighted by molar-refractivity contribution is 6.10. The number of para-hydroxylation sites is 1. The summed E-state index contributed by atoms with van der Waals surface area (Å²) in [6, 6.07) is 34.7. The lowest BCUT2D eigenvalue weighted by molar-refractivity contribution is 1.17. The van der Waals surface area contributed by atoms with Gasteiger partial charge < -0.3 is 4.57 Å². The van der Waals surface area contributed by atoms with E-state index in [0.717, 1.165) is 0 Å². The highest BCUT2D eigenvalue weighted by atomic mass is 15.0. The van der Waals surface area contributed by atoms with Crippen LogP contribution in [0.5, 0.6) is 0 Å². The first-order valence-electron chi connectivity index (χ1n) is 8.97. The number of hydrogen-bond acceptors (Lipinski definition) is 0. The Labute approximate surface area is 153 Å². The summed E-state index contributed by atoms with van der Waals surface area (Å²) in [5.41, 5.74) is 7.49. The Morgan fingerprint density at radius 1 is 0.538 bits per heavy atom. The SMILES string of the molecule is Cc1cccc(-n2c3ccccc3c3cc(-c4ccccc4)ccc32)c1. The van der Waals surface area contributed by atoms with Gasteiger partial charge in [-0.25, -0.2) is 0 Å². The van der Waals surface area contributed by atoms with E-state index in [4.69, 9.17) is 0 Å². The number of aryl methyl sites for hydroxylation is 1. The van der Waals surface area contributed by atoms with Gasteiger partial charge in [-0.05, 0) is 53.9 Å². The van der Waals surface area contributed by atoms with Gasteiger partial charge >= 0.3 is 0 Å². The third-order valence-corrected chi connectivity index (χ3v) is 5.04. The van der Waals surface area contributed by atoms with Crippen LogP contribution in [0.4, 0.5) is 0 Å². The van der Waals surface area contributed by atoms with Crippen molar-refractivity contribution in [2.75, 3.05) is 0 Å². The number of nitrogens with zero attached hydrogens (tertiary/aromatic N) is 1. The molecule has 1 aromatic heterocycles. The molecule has 26 heavy (non-hydrogen) atoms. The van der Waals surface area contributed by atoms with Gasteiger partial charge in [-0.2, -0.15) is 0 Å². The molecule has 0 bridgehead atoms. The second-order valence-corrected chi connectivity index (χ2v) is 6.79. The molecule has 5 aromatic rings. The Hall–Kier alpha value is -3.32. The fourth-order valence-electron chi connectivity index (χ4n) is 3.83. The maximum Gasteiger partial charge on any atom is 0.0541 e. The predicted molar refractivity (Wildman–Crippen MR) is 111 cm³/mol. The average Bonchev–Trinajstić information content (AvgIpc) is 3.02. The summed E-state index contributed by atoms with van der Waals surface area (Å²) < 4.78 is 2.37. The van der Waals surface area contributed by atoms with Crippen LogP contribution in [0.1, 0.15) is 5.56 Å². The molecular weight excluding hydrogens is 314 g/mol. The maximum atomic E-state index is 2.37. The van der Waals surface area contributed by atoms with E-state index in [1.54, 1.807) is 0 Å². The van der Waals surface area contributed by atoms with Crippen molar-refractivity contribution in [1.82, 2.24) is 4.57 Å². The molecule has 0 aliphatic heterocycles. The molecule has 1 heteroatoms. The van der Waals surface area contributed by atoms with Gasteiger partial charge in [0.1, 0.15) is 0 Å². The minimum Gasteiger partial charge on any atom is -0.309 e. The fraction of sp³-hybridized carbons (Fsp3) is 0.0400. The van der Waals surface area contributed by atoms with E-state index in [-0.39, 0.29) is 0 Å². The lowest BCUT2D eigenvalue weighted by Crippen LogP contribution is -1.93. The van der Waals surface area contributed by atoms with Crippen LogP contribution in [0.3, 0.4) is 0 Å². The molecule has 0 saturated heterocycles. The smallest absolute Gasteiger partial charge is 0.0541 e. The summed E-state index contributed by atoms with van der Waals surface area (Å²) in [5.74, 6) is 0. The second kappa shape index (κ2) is 5.89. The van der Waals surface area contributed by atoms with Gasteiger partial charge in [0.15, 0.2) is 0 Å².